The number of ether oxygens (including phenoxy) is 2. The number of methoxy groups -OCH3 is 2. The number of imidazole rings is 1. The Morgan fingerprint density at radius 2 is 1.53 bits per heavy atom. The Balaban J connectivity index is 0.000000252. The maximum absolute atomic E-state index is 5.43. The number of nitrogens with one attached hydrogen (secondary N) is 1. The predicted octanol–water partition coefficient (Wildman–Crippen LogP) is 6.64. The minimum Gasteiger partial charge on any atom is -0.497 e. The van der Waals surface area contributed by atoms with Gasteiger partial charge >= 0.3 is 0 Å². The lowest BCUT2D eigenvalue weighted by Gasteiger charge is -2.07. The predicted molar refractivity (Wildman–Crippen MR) is 147 cm³/mol. The van der Waals surface area contributed by atoms with Gasteiger partial charge in [0, 0.05) is 16.1 Å². The van der Waals surface area contributed by atoms with Crippen LogP contribution in [0.25, 0.3) is 26.3 Å². The molecule has 0 spiro atoms. The highest BCUT2D eigenvalue weighted by molar-refractivity contribution is 7.22. The number of hydrogen-bond acceptors (Lipinski definition) is 7. The van der Waals surface area contributed by atoms with E-state index in [1.807, 2.05) is 59.2 Å². The molecule has 0 amide bonds. The van der Waals surface area contributed by atoms with Crippen molar-refractivity contribution in [2.45, 2.75) is 0 Å². The first-order chi connectivity index (χ1) is 17.6. The van der Waals surface area contributed by atoms with Crippen molar-refractivity contribution in [2.75, 3.05) is 25.3 Å². The van der Waals surface area contributed by atoms with Crippen LogP contribution in [0.15, 0.2) is 97.2 Å². The van der Waals surface area contributed by atoms with Gasteiger partial charge in [0.1, 0.15) is 17.2 Å². The summed E-state index contributed by atoms with van der Waals surface area (Å²) in [6, 6.07) is 29.5. The molecule has 3 aromatic carbocycles. The second-order valence-electron chi connectivity index (χ2n) is 7.91. The molecular weight excluding hydrogens is 470 g/mol. The van der Waals surface area contributed by atoms with Crippen molar-refractivity contribution in [1.82, 2.24) is 14.6 Å². The van der Waals surface area contributed by atoms with E-state index in [0.29, 0.717) is 0 Å². The smallest absolute Gasteiger partial charge is 0.154 e. The van der Waals surface area contributed by atoms with Gasteiger partial charge in [0.25, 0.3) is 0 Å². The number of rotatable bonds is 5. The number of anilines is 3. The van der Waals surface area contributed by atoms with Gasteiger partial charge in [-0.3, -0.25) is 0 Å². The molecule has 7 nitrogen and oxygen atoms in total. The average molecular weight is 496 g/mol. The second kappa shape index (κ2) is 10.4. The quantitative estimate of drug-likeness (QED) is 0.261. The summed E-state index contributed by atoms with van der Waals surface area (Å²) in [5.74, 6) is 2.42. The van der Waals surface area contributed by atoms with Crippen molar-refractivity contribution in [2.24, 2.45) is 0 Å². The fourth-order valence-electron chi connectivity index (χ4n) is 3.64. The van der Waals surface area contributed by atoms with Gasteiger partial charge in [0.15, 0.2) is 11.5 Å². The Bertz CT molecular complexity index is 1560. The van der Waals surface area contributed by atoms with Crippen LogP contribution in [0.5, 0.6) is 11.5 Å². The van der Waals surface area contributed by atoms with Crippen molar-refractivity contribution < 1.29 is 9.47 Å². The Morgan fingerprint density at radius 1 is 0.833 bits per heavy atom. The van der Waals surface area contributed by atoms with Gasteiger partial charge in [-0.1, -0.05) is 18.2 Å². The van der Waals surface area contributed by atoms with Crippen LogP contribution in [0, 0.1) is 0 Å². The molecular formula is C28H25N5O2S. The second-order valence-corrected chi connectivity index (χ2v) is 8.99. The number of nitrogens with two attached hydrogens (primary N) is 1. The molecule has 0 bridgehead atoms. The SMILES string of the molecule is COc1ccc(N)cc1.COc1ccc(Nc2ccc3ncc(-c4cc5ccccc5s4)n3n2)cc1. The molecule has 0 radical (unpaired) electrons. The number of aromatic nitrogens is 3. The normalized spacial score (nSPS) is 10.6. The first-order valence-electron chi connectivity index (χ1n) is 11.3. The maximum atomic E-state index is 5.43. The van der Waals surface area contributed by atoms with E-state index in [-0.39, 0.29) is 0 Å². The molecule has 3 aromatic heterocycles. The number of hydrogen-bond donors (Lipinski definition) is 2. The van der Waals surface area contributed by atoms with Crippen LogP contribution < -0.4 is 20.5 Å². The van der Waals surface area contributed by atoms with Crippen LogP contribution in [0.3, 0.4) is 0 Å². The Kier molecular flexibility index (Phi) is 6.68. The zero-order valence-electron chi connectivity index (χ0n) is 19.9. The minimum atomic E-state index is 0.757. The molecule has 0 unspecified atom stereocenters. The van der Waals surface area contributed by atoms with E-state index in [1.54, 1.807) is 37.7 Å². The van der Waals surface area contributed by atoms with Crippen molar-refractivity contribution in [1.29, 1.82) is 0 Å². The first-order valence-corrected chi connectivity index (χ1v) is 12.1. The topological polar surface area (TPSA) is 86.7 Å². The summed E-state index contributed by atoms with van der Waals surface area (Å²) in [5.41, 5.74) is 8.95. The number of nitrogens with zero attached hydrogens (tertiary/aromatic N) is 3. The highest BCUT2D eigenvalue weighted by atomic mass is 32.1. The molecule has 0 aliphatic heterocycles. The van der Waals surface area contributed by atoms with E-state index >= 15 is 0 Å². The third-order valence-corrected chi connectivity index (χ3v) is 6.66. The van der Waals surface area contributed by atoms with E-state index in [2.05, 4.69) is 40.6 Å². The molecule has 8 heteroatoms. The Labute approximate surface area is 212 Å². The molecule has 36 heavy (non-hydrogen) atoms. The lowest BCUT2D eigenvalue weighted by molar-refractivity contribution is 0.415. The molecule has 0 atom stereocenters. The Morgan fingerprint density at radius 3 is 2.22 bits per heavy atom. The summed E-state index contributed by atoms with van der Waals surface area (Å²) in [4.78, 5) is 5.65. The van der Waals surface area contributed by atoms with Crippen LogP contribution in [-0.4, -0.2) is 28.8 Å². The lowest BCUT2D eigenvalue weighted by Crippen LogP contribution is -1.99. The summed E-state index contributed by atoms with van der Waals surface area (Å²) in [6.07, 6.45) is 1.88. The highest BCUT2D eigenvalue weighted by Gasteiger charge is 2.11. The fourth-order valence-corrected chi connectivity index (χ4v) is 4.70. The molecule has 0 aliphatic carbocycles. The zero-order chi connectivity index (χ0) is 24.9. The van der Waals surface area contributed by atoms with Crippen molar-refractivity contribution in [3.8, 4) is 22.1 Å². The largest absolute Gasteiger partial charge is 0.497 e. The standard InChI is InChI=1S/C21H16N4OS.C7H9NO/c1-26-16-8-6-15(7-9-16)23-20-10-11-21-22-13-17(25(21)24-20)19-12-14-4-2-3-5-18(14)27-19;1-9-7-4-2-6(8)3-5-7/h2-13H,1H3,(H,23,24);2-5H,8H2,1H3. The van der Waals surface area contributed by atoms with Crippen molar-refractivity contribution in [3.05, 3.63) is 97.2 Å². The highest BCUT2D eigenvalue weighted by Crippen LogP contribution is 2.33. The van der Waals surface area contributed by atoms with E-state index in [4.69, 9.17) is 20.3 Å². The summed E-state index contributed by atoms with van der Waals surface area (Å²) < 4.78 is 13.3. The molecule has 0 fully saturated rings. The van der Waals surface area contributed by atoms with Gasteiger partial charge in [-0.2, -0.15) is 0 Å². The average Bonchev–Trinajstić information content (AvgIpc) is 3.54. The molecule has 3 heterocycles. The third-order valence-electron chi connectivity index (χ3n) is 5.52. The summed E-state index contributed by atoms with van der Waals surface area (Å²) in [6.45, 7) is 0. The molecule has 6 rings (SSSR count). The molecule has 3 N–H and O–H groups in total. The van der Waals surface area contributed by atoms with Crippen LogP contribution in [0.4, 0.5) is 17.2 Å². The first kappa shape index (κ1) is 23.2. The molecule has 6 aromatic rings. The van der Waals surface area contributed by atoms with Crippen LogP contribution in [-0.2, 0) is 0 Å². The van der Waals surface area contributed by atoms with E-state index in [0.717, 1.165) is 44.9 Å². The number of benzene rings is 3. The zero-order valence-corrected chi connectivity index (χ0v) is 20.7. The fraction of sp³-hybridized carbons (Fsp3) is 0.0714. The van der Waals surface area contributed by atoms with Gasteiger partial charge in [-0.05, 0) is 78.2 Å². The van der Waals surface area contributed by atoms with E-state index in [1.165, 1.54) is 10.1 Å². The number of nitrogen functional groups attached to an aromatic ring is 1. The molecule has 180 valence electrons. The van der Waals surface area contributed by atoms with Crippen molar-refractivity contribution in [3.63, 3.8) is 0 Å². The van der Waals surface area contributed by atoms with Crippen LogP contribution in [0.1, 0.15) is 0 Å². The summed E-state index contributed by atoms with van der Waals surface area (Å²) >= 11 is 1.75. The van der Waals surface area contributed by atoms with Gasteiger partial charge in [-0.25, -0.2) is 9.50 Å². The lowest BCUT2D eigenvalue weighted by atomic mass is 10.2. The van der Waals surface area contributed by atoms with Crippen molar-refractivity contribution >= 4 is 44.3 Å². The van der Waals surface area contributed by atoms with Crippen LogP contribution in [0.2, 0.25) is 0 Å². The van der Waals surface area contributed by atoms with Gasteiger partial charge in [0.2, 0.25) is 0 Å². The van der Waals surface area contributed by atoms with E-state index in [9.17, 15) is 0 Å². The monoisotopic (exact) mass is 495 g/mol. The van der Waals surface area contributed by atoms with Gasteiger partial charge in [-0.15, -0.1) is 16.4 Å². The molecule has 0 saturated carbocycles. The summed E-state index contributed by atoms with van der Waals surface area (Å²) in [5, 5.41) is 9.30. The number of thiophene rings is 1. The van der Waals surface area contributed by atoms with E-state index < -0.39 is 0 Å². The Hall–Kier alpha value is -4.56. The van der Waals surface area contributed by atoms with Gasteiger partial charge < -0.3 is 20.5 Å². The van der Waals surface area contributed by atoms with Crippen LogP contribution >= 0.6 is 11.3 Å². The maximum Gasteiger partial charge on any atom is 0.154 e. The van der Waals surface area contributed by atoms with Gasteiger partial charge in [0.05, 0.1) is 25.3 Å². The molecule has 0 aliphatic rings. The third kappa shape index (κ3) is 5.08. The number of fused-ring (bicyclic) bond motifs is 2. The summed E-state index contributed by atoms with van der Waals surface area (Å²) in [7, 11) is 3.29. The minimum absolute atomic E-state index is 0.757. The molecule has 0 saturated heterocycles.